The van der Waals surface area contributed by atoms with Crippen LogP contribution in [0.2, 0.25) is 0 Å². The van der Waals surface area contributed by atoms with Crippen LogP contribution in [0.15, 0.2) is 0 Å². The number of ether oxygens (including phenoxy) is 1. The Bertz CT molecular complexity index is 235. The molecule has 106 valence electrons. The lowest BCUT2D eigenvalue weighted by Gasteiger charge is -2.27. The van der Waals surface area contributed by atoms with Crippen LogP contribution in [-0.2, 0) is 9.53 Å². The number of rotatable bonds is 8. The highest BCUT2D eigenvalue weighted by Gasteiger charge is 2.24. The van der Waals surface area contributed by atoms with E-state index in [9.17, 15) is 4.79 Å². The van der Waals surface area contributed by atoms with Gasteiger partial charge in [0, 0.05) is 6.04 Å². The van der Waals surface area contributed by atoms with Crippen molar-refractivity contribution in [1.29, 1.82) is 0 Å². The first-order valence-electron chi connectivity index (χ1n) is 7.53. The van der Waals surface area contributed by atoms with E-state index < -0.39 is 0 Å². The quantitative estimate of drug-likeness (QED) is 0.624. The van der Waals surface area contributed by atoms with Gasteiger partial charge in [0.1, 0.15) is 0 Å². The molecule has 0 spiro atoms. The van der Waals surface area contributed by atoms with E-state index in [0.29, 0.717) is 19.1 Å². The molecule has 1 aliphatic rings. The molecule has 3 heteroatoms. The molecule has 18 heavy (non-hydrogen) atoms. The fourth-order valence-electron chi connectivity index (χ4n) is 2.69. The van der Waals surface area contributed by atoms with Crippen molar-refractivity contribution in [3.63, 3.8) is 0 Å². The number of carbonyl (C=O) groups is 1. The van der Waals surface area contributed by atoms with Gasteiger partial charge in [0.05, 0.1) is 13.0 Å². The zero-order valence-electron chi connectivity index (χ0n) is 12.3. The first kappa shape index (κ1) is 15.5. The number of hydrogen-bond acceptors (Lipinski definition) is 3. The highest BCUT2D eigenvalue weighted by molar-refractivity contribution is 5.70. The van der Waals surface area contributed by atoms with Crippen LogP contribution >= 0.6 is 0 Å². The third-order valence-electron chi connectivity index (χ3n) is 3.68. The molecule has 0 aliphatic carbocycles. The maximum absolute atomic E-state index is 11.7. The summed E-state index contributed by atoms with van der Waals surface area (Å²) in [6.45, 7) is 9.21. The third kappa shape index (κ3) is 5.85. The molecule has 1 unspecified atom stereocenters. The van der Waals surface area contributed by atoms with Crippen molar-refractivity contribution in [2.75, 3.05) is 19.7 Å². The largest absolute Gasteiger partial charge is 0.466 e. The molecular weight excluding hydrogens is 226 g/mol. The van der Waals surface area contributed by atoms with Gasteiger partial charge in [-0.1, -0.05) is 26.7 Å². The van der Waals surface area contributed by atoms with Crippen molar-refractivity contribution < 1.29 is 9.53 Å². The fraction of sp³-hybridized carbons (Fsp3) is 0.933. The molecular formula is C15H29NO2. The Balaban J connectivity index is 2.38. The number of esters is 1. The van der Waals surface area contributed by atoms with Crippen LogP contribution in [0.3, 0.4) is 0 Å². The molecule has 1 rings (SSSR count). The summed E-state index contributed by atoms with van der Waals surface area (Å²) < 4.78 is 5.09. The smallest absolute Gasteiger partial charge is 0.307 e. The van der Waals surface area contributed by atoms with Gasteiger partial charge < -0.3 is 4.74 Å². The van der Waals surface area contributed by atoms with Crippen LogP contribution < -0.4 is 0 Å². The normalized spacial score (nSPS) is 18.2. The van der Waals surface area contributed by atoms with E-state index in [1.165, 1.54) is 25.7 Å². The standard InChI is InChI=1S/C15H29NO2/c1-4-18-15(17)12-14(9-7-8-13(2)3)16-10-5-6-11-16/h13-14H,4-12H2,1-3H3. The molecule has 1 atom stereocenters. The van der Waals surface area contributed by atoms with E-state index in [2.05, 4.69) is 18.7 Å². The van der Waals surface area contributed by atoms with Crippen molar-refractivity contribution in [3.8, 4) is 0 Å². The highest BCUT2D eigenvalue weighted by atomic mass is 16.5. The minimum Gasteiger partial charge on any atom is -0.466 e. The number of nitrogens with zero attached hydrogens (tertiary/aromatic N) is 1. The first-order valence-corrected chi connectivity index (χ1v) is 7.53. The van der Waals surface area contributed by atoms with Crippen molar-refractivity contribution in [1.82, 2.24) is 4.90 Å². The topological polar surface area (TPSA) is 29.5 Å². The Kier molecular flexibility index (Phi) is 7.33. The Hall–Kier alpha value is -0.570. The van der Waals surface area contributed by atoms with Gasteiger partial charge in [-0.3, -0.25) is 9.69 Å². The second-order valence-corrected chi connectivity index (χ2v) is 5.73. The predicted molar refractivity (Wildman–Crippen MR) is 74.5 cm³/mol. The zero-order valence-corrected chi connectivity index (χ0v) is 12.3. The van der Waals surface area contributed by atoms with E-state index in [1.807, 2.05) is 6.92 Å². The van der Waals surface area contributed by atoms with Crippen molar-refractivity contribution >= 4 is 5.97 Å². The summed E-state index contributed by atoms with van der Waals surface area (Å²) in [5.74, 6) is 0.728. The predicted octanol–water partition coefficient (Wildman–Crippen LogP) is 3.23. The van der Waals surface area contributed by atoms with Crippen molar-refractivity contribution in [2.45, 2.75) is 65.3 Å². The zero-order chi connectivity index (χ0) is 13.4. The van der Waals surface area contributed by atoms with Crippen LogP contribution in [0.4, 0.5) is 0 Å². The van der Waals surface area contributed by atoms with Crippen LogP contribution in [0.25, 0.3) is 0 Å². The minimum atomic E-state index is -0.0288. The van der Waals surface area contributed by atoms with E-state index in [0.717, 1.165) is 25.4 Å². The number of hydrogen-bond donors (Lipinski definition) is 0. The van der Waals surface area contributed by atoms with Crippen LogP contribution in [0.5, 0.6) is 0 Å². The van der Waals surface area contributed by atoms with Crippen molar-refractivity contribution in [2.24, 2.45) is 5.92 Å². The monoisotopic (exact) mass is 255 g/mol. The molecule has 1 fully saturated rings. The molecule has 0 bridgehead atoms. The maximum atomic E-state index is 11.7. The van der Waals surface area contributed by atoms with E-state index in [1.54, 1.807) is 0 Å². The summed E-state index contributed by atoms with van der Waals surface area (Å²) in [6, 6.07) is 0.408. The van der Waals surface area contributed by atoms with Gasteiger partial charge >= 0.3 is 5.97 Å². The lowest BCUT2D eigenvalue weighted by Crippen LogP contribution is -2.35. The molecule has 1 aliphatic heterocycles. The molecule has 1 saturated heterocycles. The SMILES string of the molecule is CCOC(=O)CC(CCCC(C)C)N1CCCC1. The summed E-state index contributed by atoms with van der Waals surface area (Å²) in [7, 11) is 0. The Morgan fingerprint density at radius 2 is 1.89 bits per heavy atom. The second-order valence-electron chi connectivity index (χ2n) is 5.73. The Morgan fingerprint density at radius 3 is 2.44 bits per heavy atom. The maximum Gasteiger partial charge on any atom is 0.307 e. The molecule has 3 nitrogen and oxygen atoms in total. The van der Waals surface area contributed by atoms with Crippen LogP contribution in [0.1, 0.15) is 59.3 Å². The van der Waals surface area contributed by atoms with Gasteiger partial charge in [-0.2, -0.15) is 0 Å². The van der Waals surface area contributed by atoms with Crippen LogP contribution in [0, 0.1) is 5.92 Å². The number of likely N-dealkylation sites (tertiary alicyclic amines) is 1. The average molecular weight is 255 g/mol. The lowest BCUT2D eigenvalue weighted by atomic mass is 10.0. The van der Waals surface area contributed by atoms with Crippen molar-refractivity contribution in [3.05, 3.63) is 0 Å². The molecule has 0 aromatic carbocycles. The van der Waals surface area contributed by atoms with E-state index in [-0.39, 0.29) is 5.97 Å². The Morgan fingerprint density at radius 1 is 1.22 bits per heavy atom. The van der Waals surface area contributed by atoms with Gasteiger partial charge in [-0.05, 0) is 45.2 Å². The van der Waals surface area contributed by atoms with Gasteiger partial charge in [0.2, 0.25) is 0 Å². The van der Waals surface area contributed by atoms with Gasteiger partial charge in [-0.25, -0.2) is 0 Å². The summed E-state index contributed by atoms with van der Waals surface area (Å²) in [6.07, 6.45) is 6.75. The lowest BCUT2D eigenvalue weighted by molar-refractivity contribution is -0.144. The summed E-state index contributed by atoms with van der Waals surface area (Å²) >= 11 is 0. The van der Waals surface area contributed by atoms with Gasteiger partial charge in [0.25, 0.3) is 0 Å². The summed E-state index contributed by atoms with van der Waals surface area (Å²) in [5.41, 5.74) is 0. The molecule has 0 radical (unpaired) electrons. The first-order chi connectivity index (χ1) is 8.63. The van der Waals surface area contributed by atoms with Gasteiger partial charge in [-0.15, -0.1) is 0 Å². The molecule has 0 saturated carbocycles. The fourth-order valence-corrected chi connectivity index (χ4v) is 2.69. The third-order valence-corrected chi connectivity index (χ3v) is 3.68. The van der Waals surface area contributed by atoms with Crippen LogP contribution in [-0.4, -0.2) is 36.6 Å². The van der Waals surface area contributed by atoms with Gasteiger partial charge in [0.15, 0.2) is 0 Å². The average Bonchev–Trinajstić information content (AvgIpc) is 2.81. The molecule has 0 aromatic rings. The number of carbonyl (C=O) groups excluding carboxylic acids is 1. The molecule has 0 N–H and O–H groups in total. The summed E-state index contributed by atoms with van der Waals surface area (Å²) in [5, 5.41) is 0. The second kappa shape index (κ2) is 8.52. The highest BCUT2D eigenvalue weighted by Crippen LogP contribution is 2.20. The van der Waals surface area contributed by atoms with E-state index in [4.69, 9.17) is 4.74 Å². The Labute approximate surface area is 112 Å². The minimum absolute atomic E-state index is 0.0288. The summed E-state index contributed by atoms with van der Waals surface area (Å²) in [4.78, 5) is 14.1. The molecule has 0 aromatic heterocycles. The molecule has 0 amide bonds. The molecule has 1 heterocycles. The van der Waals surface area contributed by atoms with E-state index >= 15 is 0 Å².